The molecule has 1 heterocycles. The third kappa shape index (κ3) is 2.01. The van der Waals surface area contributed by atoms with Crippen molar-refractivity contribution >= 4 is 22.2 Å². The van der Waals surface area contributed by atoms with Crippen molar-refractivity contribution in [3.63, 3.8) is 0 Å². The van der Waals surface area contributed by atoms with Crippen LogP contribution in [-0.2, 0) is 4.79 Å². The number of amides is 1. The maximum absolute atomic E-state index is 10.6. The van der Waals surface area contributed by atoms with Crippen molar-refractivity contribution in [1.29, 1.82) is 0 Å². The highest BCUT2D eigenvalue weighted by Crippen LogP contribution is 2.22. The summed E-state index contributed by atoms with van der Waals surface area (Å²) in [6.07, 6.45) is 0. The molecule has 0 aliphatic rings. The smallest absolute Gasteiger partial charge is 0.221 e. The van der Waals surface area contributed by atoms with Gasteiger partial charge in [0.2, 0.25) is 5.91 Å². The number of hydrogen-bond donors (Lipinski definition) is 1. The molecule has 1 rings (SSSR count). The van der Waals surface area contributed by atoms with Crippen molar-refractivity contribution in [2.24, 2.45) is 0 Å². The Bertz CT molecular complexity index is 280. The van der Waals surface area contributed by atoms with Gasteiger partial charge in [-0.25, -0.2) is 4.98 Å². The summed E-state index contributed by atoms with van der Waals surface area (Å²) in [6.45, 7) is 5.30. The molecule has 0 fully saturated rings. The number of nitrogens with one attached hydrogen (secondary N) is 1. The second-order valence-corrected chi connectivity index (χ2v) is 3.53. The van der Waals surface area contributed by atoms with Gasteiger partial charge in [-0.1, -0.05) is 0 Å². The van der Waals surface area contributed by atoms with Gasteiger partial charge in [0, 0.05) is 6.92 Å². The van der Waals surface area contributed by atoms with Crippen molar-refractivity contribution in [3.05, 3.63) is 10.7 Å². The fraction of sp³-hybridized carbons (Fsp3) is 0.429. The zero-order valence-electron chi connectivity index (χ0n) is 6.76. The topological polar surface area (TPSA) is 42.0 Å². The van der Waals surface area contributed by atoms with Gasteiger partial charge in [0.25, 0.3) is 0 Å². The number of aromatic nitrogens is 1. The van der Waals surface area contributed by atoms with Crippen molar-refractivity contribution in [1.82, 2.24) is 4.98 Å². The summed E-state index contributed by atoms with van der Waals surface area (Å²) in [5, 5.41) is 4.55. The average Bonchev–Trinajstić information content (AvgIpc) is 2.09. The number of anilines is 1. The van der Waals surface area contributed by atoms with Crippen molar-refractivity contribution in [2.45, 2.75) is 20.8 Å². The second-order valence-electron chi connectivity index (χ2n) is 2.33. The van der Waals surface area contributed by atoms with E-state index in [-0.39, 0.29) is 5.91 Å². The molecular weight excluding hydrogens is 160 g/mol. The van der Waals surface area contributed by atoms with Gasteiger partial charge < -0.3 is 5.32 Å². The zero-order chi connectivity index (χ0) is 8.43. The Hall–Kier alpha value is -0.900. The van der Waals surface area contributed by atoms with E-state index in [9.17, 15) is 4.79 Å². The van der Waals surface area contributed by atoms with Crippen LogP contribution in [0.1, 0.15) is 17.6 Å². The fourth-order valence-corrected chi connectivity index (χ4v) is 1.67. The van der Waals surface area contributed by atoms with Crippen LogP contribution in [0.25, 0.3) is 0 Å². The molecule has 0 aliphatic heterocycles. The maximum atomic E-state index is 10.6. The number of hydrogen-bond acceptors (Lipinski definition) is 3. The lowest BCUT2D eigenvalue weighted by Gasteiger charge is -1.95. The predicted octanol–water partition coefficient (Wildman–Crippen LogP) is 1.72. The van der Waals surface area contributed by atoms with Crippen LogP contribution in [0, 0.1) is 13.8 Å². The SMILES string of the molecule is CC(=O)Nc1sc(C)nc1C. The highest BCUT2D eigenvalue weighted by molar-refractivity contribution is 7.16. The first-order valence-electron chi connectivity index (χ1n) is 3.31. The minimum atomic E-state index is -0.0447. The molecule has 3 nitrogen and oxygen atoms in total. The average molecular weight is 170 g/mol. The normalized spacial score (nSPS) is 9.73. The van der Waals surface area contributed by atoms with E-state index < -0.39 is 0 Å². The predicted molar refractivity (Wildman–Crippen MR) is 45.9 cm³/mol. The summed E-state index contributed by atoms with van der Waals surface area (Å²) < 4.78 is 0. The molecule has 0 saturated heterocycles. The lowest BCUT2D eigenvalue weighted by atomic mass is 10.5. The molecule has 1 aromatic heterocycles. The molecule has 0 radical (unpaired) electrons. The monoisotopic (exact) mass is 170 g/mol. The third-order valence-corrected chi connectivity index (χ3v) is 2.18. The standard InChI is InChI=1S/C7H10N2OS/c1-4-7(9-5(2)10)11-6(3)8-4/h1-3H3,(H,9,10). The van der Waals surface area contributed by atoms with Crippen LogP contribution >= 0.6 is 11.3 Å². The molecule has 1 N–H and O–H groups in total. The first-order chi connectivity index (χ1) is 5.09. The molecule has 11 heavy (non-hydrogen) atoms. The summed E-state index contributed by atoms with van der Waals surface area (Å²) >= 11 is 1.50. The Morgan fingerprint density at radius 1 is 1.55 bits per heavy atom. The van der Waals surface area contributed by atoms with Crippen LogP contribution in [-0.4, -0.2) is 10.9 Å². The summed E-state index contributed by atoms with van der Waals surface area (Å²) in [4.78, 5) is 14.8. The Morgan fingerprint density at radius 2 is 2.18 bits per heavy atom. The van der Waals surface area contributed by atoms with Crippen LogP contribution in [0.15, 0.2) is 0 Å². The van der Waals surface area contributed by atoms with Gasteiger partial charge in [0.15, 0.2) is 0 Å². The highest BCUT2D eigenvalue weighted by atomic mass is 32.1. The molecule has 0 bridgehead atoms. The van der Waals surface area contributed by atoms with Gasteiger partial charge in [-0.3, -0.25) is 4.79 Å². The van der Waals surface area contributed by atoms with E-state index >= 15 is 0 Å². The Kier molecular flexibility index (Phi) is 2.24. The Balaban J connectivity index is 2.85. The first-order valence-corrected chi connectivity index (χ1v) is 4.13. The molecular formula is C7H10N2OS. The summed E-state index contributed by atoms with van der Waals surface area (Å²) in [6, 6.07) is 0. The molecule has 4 heteroatoms. The van der Waals surface area contributed by atoms with E-state index in [1.165, 1.54) is 18.3 Å². The minimum Gasteiger partial charge on any atom is -0.316 e. The van der Waals surface area contributed by atoms with Gasteiger partial charge in [-0.2, -0.15) is 0 Å². The number of nitrogens with zero attached hydrogens (tertiary/aromatic N) is 1. The van der Waals surface area contributed by atoms with Gasteiger partial charge in [-0.15, -0.1) is 11.3 Å². The largest absolute Gasteiger partial charge is 0.316 e. The van der Waals surface area contributed by atoms with Gasteiger partial charge in [-0.05, 0) is 13.8 Å². The van der Waals surface area contributed by atoms with Crippen LogP contribution in [0.2, 0.25) is 0 Å². The minimum absolute atomic E-state index is 0.0447. The van der Waals surface area contributed by atoms with E-state index in [1.54, 1.807) is 0 Å². The lowest BCUT2D eigenvalue weighted by Crippen LogP contribution is -2.04. The molecule has 0 unspecified atom stereocenters. The zero-order valence-corrected chi connectivity index (χ0v) is 7.58. The number of carbonyl (C=O) groups excluding carboxylic acids is 1. The van der Waals surface area contributed by atoms with Gasteiger partial charge in [0.1, 0.15) is 5.00 Å². The molecule has 0 saturated carbocycles. The summed E-state index contributed by atoms with van der Waals surface area (Å²) in [5.74, 6) is -0.0447. The Morgan fingerprint density at radius 3 is 2.55 bits per heavy atom. The molecule has 1 amide bonds. The van der Waals surface area contributed by atoms with E-state index in [0.717, 1.165) is 15.7 Å². The van der Waals surface area contributed by atoms with Crippen molar-refractivity contribution in [2.75, 3.05) is 5.32 Å². The molecule has 60 valence electrons. The van der Waals surface area contributed by atoms with Crippen molar-refractivity contribution < 1.29 is 4.79 Å². The number of thiazole rings is 1. The molecule has 0 atom stereocenters. The van der Waals surface area contributed by atoms with E-state index in [4.69, 9.17) is 0 Å². The lowest BCUT2D eigenvalue weighted by molar-refractivity contribution is -0.114. The number of carbonyl (C=O) groups is 1. The summed E-state index contributed by atoms with van der Waals surface area (Å²) in [5.41, 5.74) is 0.891. The number of aryl methyl sites for hydroxylation is 2. The van der Waals surface area contributed by atoms with Crippen LogP contribution in [0.4, 0.5) is 5.00 Å². The third-order valence-electron chi connectivity index (χ3n) is 1.19. The molecule has 0 aliphatic carbocycles. The van der Waals surface area contributed by atoms with Crippen LogP contribution in [0.3, 0.4) is 0 Å². The van der Waals surface area contributed by atoms with Gasteiger partial charge >= 0.3 is 0 Å². The summed E-state index contributed by atoms with van der Waals surface area (Å²) in [7, 11) is 0. The van der Waals surface area contributed by atoms with E-state index in [1.807, 2.05) is 13.8 Å². The molecule has 0 aromatic carbocycles. The fourth-order valence-electron chi connectivity index (χ4n) is 0.807. The number of rotatable bonds is 1. The second kappa shape index (κ2) is 3.00. The quantitative estimate of drug-likeness (QED) is 0.697. The van der Waals surface area contributed by atoms with Crippen LogP contribution < -0.4 is 5.32 Å². The molecule has 0 spiro atoms. The Labute approximate surface area is 69.5 Å². The van der Waals surface area contributed by atoms with Crippen LogP contribution in [0.5, 0.6) is 0 Å². The van der Waals surface area contributed by atoms with Crippen molar-refractivity contribution in [3.8, 4) is 0 Å². The highest BCUT2D eigenvalue weighted by Gasteiger charge is 2.04. The molecule has 1 aromatic rings. The maximum Gasteiger partial charge on any atom is 0.221 e. The van der Waals surface area contributed by atoms with Gasteiger partial charge in [0.05, 0.1) is 10.7 Å². The van der Waals surface area contributed by atoms with E-state index in [2.05, 4.69) is 10.3 Å². The first kappa shape index (κ1) is 8.20. The van der Waals surface area contributed by atoms with E-state index in [0.29, 0.717) is 0 Å².